The smallest absolute Gasteiger partial charge is 0.479 e. The fourth-order valence-electron chi connectivity index (χ4n) is 3.90. The van der Waals surface area contributed by atoms with Gasteiger partial charge in [-0.1, -0.05) is 36.8 Å². The van der Waals surface area contributed by atoms with Gasteiger partial charge in [-0.15, -0.1) is 13.2 Å². The van der Waals surface area contributed by atoms with E-state index in [9.17, 15) is 27.9 Å². The average molecular weight is 536 g/mol. The number of carbonyl (C=O) groups is 2. The van der Waals surface area contributed by atoms with Gasteiger partial charge < -0.3 is 19.1 Å². The maximum Gasteiger partial charge on any atom is 0.573 e. The number of halogens is 4. The van der Waals surface area contributed by atoms with Crippen LogP contribution in [-0.4, -0.2) is 33.9 Å². The number of carboxylic acid groups (broad SMARTS) is 1. The van der Waals surface area contributed by atoms with Crippen molar-refractivity contribution in [1.29, 1.82) is 0 Å². The van der Waals surface area contributed by atoms with Crippen molar-refractivity contribution in [1.82, 2.24) is 4.57 Å². The first-order valence-electron chi connectivity index (χ1n) is 11.3. The lowest BCUT2D eigenvalue weighted by Crippen LogP contribution is -2.23. The minimum Gasteiger partial charge on any atom is -0.479 e. The number of fused-ring (bicyclic) bond motifs is 1. The zero-order chi connectivity index (χ0) is 27.5. The van der Waals surface area contributed by atoms with E-state index >= 15 is 0 Å². The third kappa shape index (κ3) is 6.17. The van der Waals surface area contributed by atoms with E-state index in [0.717, 1.165) is 6.07 Å². The third-order valence-electron chi connectivity index (χ3n) is 5.62. The molecule has 1 N–H and O–H groups in total. The highest BCUT2D eigenvalue weighted by Crippen LogP contribution is 2.37. The number of aliphatic carboxylic acids is 1. The Labute approximate surface area is 216 Å². The van der Waals surface area contributed by atoms with Crippen molar-refractivity contribution in [2.45, 2.75) is 46.6 Å². The van der Waals surface area contributed by atoms with Crippen molar-refractivity contribution in [2.75, 3.05) is 0 Å². The number of benzene rings is 2. The molecule has 1 aromatic heterocycles. The van der Waals surface area contributed by atoms with Crippen LogP contribution in [-0.2, 0) is 4.79 Å². The maximum atomic E-state index is 13.6. The first kappa shape index (κ1) is 27.9. The summed E-state index contributed by atoms with van der Waals surface area (Å²) in [6, 6.07) is 8.31. The lowest BCUT2D eigenvalue weighted by atomic mass is 9.98. The Morgan fingerprint density at radius 3 is 2.49 bits per heavy atom. The molecule has 0 aliphatic rings. The number of ether oxygens (including phenoxy) is 2. The van der Waals surface area contributed by atoms with Crippen LogP contribution in [0.25, 0.3) is 16.6 Å². The lowest BCUT2D eigenvalue weighted by molar-refractivity contribution is -0.274. The van der Waals surface area contributed by atoms with Gasteiger partial charge >= 0.3 is 12.3 Å². The second kappa shape index (κ2) is 11.1. The van der Waals surface area contributed by atoms with Crippen LogP contribution in [0.15, 0.2) is 60.2 Å². The molecule has 6 nitrogen and oxygen atoms in total. The van der Waals surface area contributed by atoms with Crippen molar-refractivity contribution in [3.8, 4) is 17.2 Å². The summed E-state index contributed by atoms with van der Waals surface area (Å²) in [6.07, 6.45) is -0.440. The van der Waals surface area contributed by atoms with Crippen molar-refractivity contribution < 1.29 is 37.3 Å². The molecule has 0 amide bonds. The topological polar surface area (TPSA) is 77.8 Å². The molecule has 10 heteroatoms. The van der Waals surface area contributed by atoms with E-state index < -0.39 is 24.2 Å². The summed E-state index contributed by atoms with van der Waals surface area (Å²) in [7, 11) is 0. The summed E-state index contributed by atoms with van der Waals surface area (Å²) in [5.41, 5.74) is 1.99. The first-order chi connectivity index (χ1) is 17.4. The van der Waals surface area contributed by atoms with Gasteiger partial charge in [-0.25, -0.2) is 4.79 Å². The SMILES string of the molecule is C/C=C\C=C(/CC)C(=O)c1c(C)n(-c2ccc(Cl)c(O[C@H](C)C(=O)O)c2)c2cc(OC(F)(F)F)ccc12. The van der Waals surface area contributed by atoms with Crippen molar-refractivity contribution in [3.05, 3.63) is 76.5 Å². The van der Waals surface area contributed by atoms with E-state index in [1.54, 1.807) is 35.8 Å². The van der Waals surface area contributed by atoms with Gasteiger partial charge in [0.2, 0.25) is 0 Å². The molecule has 3 rings (SSSR count). The molecule has 2 aromatic carbocycles. The highest BCUT2D eigenvalue weighted by molar-refractivity contribution is 6.32. The predicted molar refractivity (Wildman–Crippen MR) is 135 cm³/mol. The van der Waals surface area contributed by atoms with Crippen LogP contribution in [0, 0.1) is 6.92 Å². The lowest BCUT2D eigenvalue weighted by Gasteiger charge is -2.15. The molecule has 37 heavy (non-hydrogen) atoms. The Bertz CT molecular complexity index is 1410. The van der Waals surface area contributed by atoms with E-state index in [1.807, 2.05) is 13.8 Å². The summed E-state index contributed by atoms with van der Waals surface area (Å²) in [6.45, 7) is 6.67. The molecular weight excluding hydrogens is 511 g/mol. The summed E-state index contributed by atoms with van der Waals surface area (Å²) >= 11 is 6.21. The molecule has 0 radical (unpaired) electrons. The fourth-order valence-corrected chi connectivity index (χ4v) is 4.06. The summed E-state index contributed by atoms with van der Waals surface area (Å²) < 4.78 is 50.0. The van der Waals surface area contributed by atoms with Gasteiger partial charge in [-0.3, -0.25) is 4.79 Å². The van der Waals surface area contributed by atoms with Crippen LogP contribution in [0.4, 0.5) is 13.2 Å². The van der Waals surface area contributed by atoms with Gasteiger partial charge in [0.15, 0.2) is 11.9 Å². The number of ketones is 1. The average Bonchev–Trinajstić information content (AvgIpc) is 3.10. The van der Waals surface area contributed by atoms with Gasteiger partial charge in [0, 0.05) is 28.9 Å². The second-order valence-corrected chi connectivity index (χ2v) is 8.54. The molecule has 196 valence electrons. The Morgan fingerprint density at radius 1 is 1.19 bits per heavy atom. The zero-order valence-corrected chi connectivity index (χ0v) is 21.3. The molecule has 3 aromatic rings. The molecule has 1 heterocycles. The van der Waals surface area contributed by atoms with Crippen LogP contribution >= 0.6 is 11.6 Å². The molecule has 1 atom stereocenters. The van der Waals surface area contributed by atoms with Crippen LogP contribution in [0.3, 0.4) is 0 Å². The maximum absolute atomic E-state index is 13.6. The molecule has 0 aliphatic carbocycles. The molecule has 0 aliphatic heterocycles. The number of nitrogens with zero attached hydrogens (tertiary/aromatic N) is 1. The second-order valence-electron chi connectivity index (χ2n) is 8.14. The highest BCUT2D eigenvalue weighted by atomic mass is 35.5. The molecular formula is C27H25ClF3NO5. The number of carbonyl (C=O) groups excluding carboxylic acids is 1. The summed E-state index contributed by atoms with van der Waals surface area (Å²) in [5, 5.41) is 9.77. The molecule has 0 fully saturated rings. The monoisotopic (exact) mass is 535 g/mol. The Hall–Kier alpha value is -3.72. The summed E-state index contributed by atoms with van der Waals surface area (Å²) in [4.78, 5) is 24.8. The summed E-state index contributed by atoms with van der Waals surface area (Å²) in [5.74, 6) is -1.86. The number of rotatable bonds is 9. The zero-order valence-electron chi connectivity index (χ0n) is 20.5. The number of hydrogen-bond acceptors (Lipinski definition) is 4. The Balaban J connectivity index is 2.30. The van der Waals surface area contributed by atoms with Crippen LogP contribution in [0.5, 0.6) is 11.5 Å². The minimum atomic E-state index is -4.91. The fraction of sp³-hybridized carbons (Fsp3) is 0.259. The quantitative estimate of drug-likeness (QED) is 0.175. The van der Waals surface area contributed by atoms with E-state index in [2.05, 4.69) is 4.74 Å². The minimum absolute atomic E-state index is 0.0631. The highest BCUT2D eigenvalue weighted by Gasteiger charge is 2.32. The number of aromatic nitrogens is 1. The van der Waals surface area contributed by atoms with Gasteiger partial charge in [0.05, 0.1) is 16.1 Å². The molecule has 0 unspecified atom stereocenters. The normalized spacial score (nSPS) is 13.2. The third-order valence-corrected chi connectivity index (χ3v) is 5.94. The van der Waals surface area contributed by atoms with Crippen molar-refractivity contribution in [3.63, 3.8) is 0 Å². The van der Waals surface area contributed by atoms with E-state index in [-0.39, 0.29) is 22.1 Å². The first-order valence-corrected chi connectivity index (χ1v) is 11.7. The van der Waals surface area contributed by atoms with Crippen molar-refractivity contribution >= 4 is 34.3 Å². The largest absolute Gasteiger partial charge is 0.573 e. The number of alkyl halides is 3. The van der Waals surface area contributed by atoms with Gasteiger partial charge in [-0.2, -0.15) is 0 Å². The predicted octanol–water partition coefficient (Wildman–Crippen LogP) is 7.44. The Morgan fingerprint density at radius 2 is 1.89 bits per heavy atom. The van der Waals surface area contributed by atoms with Gasteiger partial charge in [-0.05, 0) is 57.0 Å². The van der Waals surface area contributed by atoms with E-state index in [0.29, 0.717) is 34.3 Å². The van der Waals surface area contributed by atoms with Crippen molar-refractivity contribution in [2.24, 2.45) is 0 Å². The number of hydrogen-bond donors (Lipinski definition) is 1. The van der Waals surface area contributed by atoms with Gasteiger partial charge in [0.25, 0.3) is 0 Å². The van der Waals surface area contributed by atoms with Crippen LogP contribution in [0.2, 0.25) is 5.02 Å². The molecule has 0 saturated heterocycles. The number of Topliss-reactive ketones (excluding diaryl/α,β-unsaturated/α-hetero) is 1. The van der Waals surface area contributed by atoms with Crippen LogP contribution in [0.1, 0.15) is 43.2 Å². The number of allylic oxidation sites excluding steroid dienone is 4. The molecule has 0 spiro atoms. The van der Waals surface area contributed by atoms with E-state index in [1.165, 1.54) is 31.2 Å². The number of carboxylic acids is 1. The standard InChI is InChI=1S/C27H25ClF3NO5/c1-5-7-8-17(6-2)25(33)24-15(3)32(22-14-19(10-11-20(22)24)37-27(29,30)31)18-9-12-21(28)23(13-18)36-16(4)26(34)35/h5,7-14,16H,6H2,1-4H3,(H,34,35)/b7-5-,17-8+/t16-/m1/s1. The van der Waals surface area contributed by atoms with Crippen LogP contribution < -0.4 is 9.47 Å². The molecule has 0 saturated carbocycles. The van der Waals surface area contributed by atoms with Gasteiger partial charge in [0.1, 0.15) is 11.5 Å². The van der Waals surface area contributed by atoms with E-state index in [4.69, 9.17) is 16.3 Å². The molecule has 0 bridgehead atoms. The Kier molecular flexibility index (Phi) is 8.38.